The van der Waals surface area contributed by atoms with Crippen molar-refractivity contribution in [3.8, 4) is 0 Å². The number of rotatable bonds is 4. The highest BCUT2D eigenvalue weighted by molar-refractivity contribution is 6.08. The van der Waals surface area contributed by atoms with Gasteiger partial charge < -0.3 is 15.7 Å². The van der Waals surface area contributed by atoms with E-state index in [0.717, 1.165) is 0 Å². The highest BCUT2D eigenvalue weighted by Gasteiger charge is 2.11. The van der Waals surface area contributed by atoms with Crippen LogP contribution < -0.4 is 10.6 Å². The molecule has 5 heteroatoms. The van der Waals surface area contributed by atoms with Gasteiger partial charge >= 0.3 is 5.97 Å². The van der Waals surface area contributed by atoms with Crippen molar-refractivity contribution >= 4 is 23.3 Å². The molecular weight excluding hydrogens is 256 g/mol. The van der Waals surface area contributed by atoms with Gasteiger partial charge in [0.15, 0.2) is 0 Å². The highest BCUT2D eigenvalue weighted by Crippen LogP contribution is 2.17. The lowest BCUT2D eigenvalue weighted by Gasteiger charge is -2.10. The summed E-state index contributed by atoms with van der Waals surface area (Å²) < 4.78 is 0. The Balaban J connectivity index is 2.23. The number of carbonyl (C=O) groups is 2. The number of hydrogen-bond acceptors (Lipinski definition) is 3. The monoisotopic (exact) mass is 270 g/mol. The first-order valence-electron chi connectivity index (χ1n) is 6.03. The zero-order valence-electron chi connectivity index (χ0n) is 10.9. The van der Waals surface area contributed by atoms with Crippen molar-refractivity contribution < 1.29 is 14.7 Å². The molecular formula is C15H14N2O3. The van der Waals surface area contributed by atoms with E-state index in [0.29, 0.717) is 16.9 Å². The molecule has 2 aromatic carbocycles. The largest absolute Gasteiger partial charge is 0.478 e. The predicted octanol–water partition coefficient (Wildman–Crippen LogP) is 2.68. The molecule has 0 aliphatic heterocycles. The van der Waals surface area contributed by atoms with E-state index in [1.165, 1.54) is 12.1 Å². The molecule has 0 bridgehead atoms. The molecule has 2 aromatic rings. The SMILES string of the molecule is CNc1ccccc1C(=O)Nc1cccc(C(=O)O)c1. The standard InChI is InChI=1S/C15H14N2O3/c1-16-13-8-3-2-7-12(13)14(18)17-11-6-4-5-10(9-11)15(19)20/h2-9,16H,1H3,(H,17,18)(H,19,20). The van der Waals surface area contributed by atoms with Crippen LogP contribution in [-0.2, 0) is 0 Å². The Hall–Kier alpha value is -2.82. The summed E-state index contributed by atoms with van der Waals surface area (Å²) in [5.74, 6) is -1.32. The fourth-order valence-corrected chi connectivity index (χ4v) is 1.83. The van der Waals surface area contributed by atoms with Crippen LogP contribution in [0.2, 0.25) is 0 Å². The molecule has 20 heavy (non-hydrogen) atoms. The summed E-state index contributed by atoms with van der Waals surface area (Å²) in [4.78, 5) is 23.1. The normalized spacial score (nSPS) is 9.85. The van der Waals surface area contributed by atoms with Gasteiger partial charge in [0.05, 0.1) is 11.1 Å². The van der Waals surface area contributed by atoms with Crippen LogP contribution in [0.1, 0.15) is 20.7 Å². The second-order valence-corrected chi connectivity index (χ2v) is 4.14. The first kappa shape index (κ1) is 13.6. The third-order valence-corrected chi connectivity index (χ3v) is 2.81. The van der Waals surface area contributed by atoms with Gasteiger partial charge in [-0.05, 0) is 30.3 Å². The number of benzene rings is 2. The van der Waals surface area contributed by atoms with Crippen molar-refractivity contribution in [2.24, 2.45) is 0 Å². The van der Waals surface area contributed by atoms with Crippen LogP contribution >= 0.6 is 0 Å². The van der Waals surface area contributed by atoms with E-state index >= 15 is 0 Å². The predicted molar refractivity (Wildman–Crippen MR) is 77.3 cm³/mol. The number of carboxylic acid groups (broad SMARTS) is 1. The summed E-state index contributed by atoms with van der Waals surface area (Å²) in [5.41, 5.74) is 1.78. The number of amides is 1. The fraction of sp³-hybridized carbons (Fsp3) is 0.0667. The molecule has 0 aromatic heterocycles. The van der Waals surface area contributed by atoms with E-state index in [9.17, 15) is 9.59 Å². The number of para-hydroxylation sites is 1. The van der Waals surface area contributed by atoms with Crippen molar-refractivity contribution in [1.82, 2.24) is 0 Å². The number of aromatic carboxylic acids is 1. The zero-order chi connectivity index (χ0) is 14.5. The number of carbonyl (C=O) groups excluding carboxylic acids is 1. The molecule has 2 rings (SSSR count). The molecule has 0 unspecified atom stereocenters. The maximum absolute atomic E-state index is 12.2. The van der Waals surface area contributed by atoms with E-state index in [1.54, 1.807) is 37.4 Å². The van der Waals surface area contributed by atoms with Crippen LogP contribution in [0.15, 0.2) is 48.5 Å². The molecule has 0 aliphatic carbocycles. The number of carboxylic acids is 1. The molecule has 1 amide bonds. The smallest absolute Gasteiger partial charge is 0.335 e. The maximum atomic E-state index is 12.2. The zero-order valence-corrected chi connectivity index (χ0v) is 10.9. The first-order chi connectivity index (χ1) is 9.61. The summed E-state index contributed by atoms with van der Waals surface area (Å²) in [6.07, 6.45) is 0. The third-order valence-electron chi connectivity index (χ3n) is 2.81. The third kappa shape index (κ3) is 2.95. The van der Waals surface area contributed by atoms with Gasteiger partial charge in [0.2, 0.25) is 0 Å². The molecule has 0 spiro atoms. The van der Waals surface area contributed by atoms with Crippen LogP contribution in [0, 0.1) is 0 Å². The molecule has 3 N–H and O–H groups in total. The number of hydrogen-bond donors (Lipinski definition) is 3. The topological polar surface area (TPSA) is 78.4 Å². The van der Waals surface area contributed by atoms with Gasteiger partial charge in [0.1, 0.15) is 0 Å². The summed E-state index contributed by atoms with van der Waals surface area (Å²) in [6.45, 7) is 0. The van der Waals surface area contributed by atoms with Crippen molar-refractivity contribution in [1.29, 1.82) is 0 Å². The van der Waals surface area contributed by atoms with Crippen LogP contribution in [0.5, 0.6) is 0 Å². The molecule has 102 valence electrons. The Bertz CT molecular complexity index is 653. The number of nitrogens with one attached hydrogen (secondary N) is 2. The lowest BCUT2D eigenvalue weighted by Crippen LogP contribution is -2.14. The minimum atomic E-state index is -1.03. The lowest BCUT2D eigenvalue weighted by molar-refractivity contribution is 0.0696. The average Bonchev–Trinajstić information content (AvgIpc) is 2.47. The molecule has 0 saturated carbocycles. The molecule has 5 nitrogen and oxygen atoms in total. The Morgan fingerprint density at radius 1 is 1.05 bits per heavy atom. The second kappa shape index (κ2) is 5.88. The van der Waals surface area contributed by atoms with Crippen LogP contribution in [0.4, 0.5) is 11.4 Å². The Morgan fingerprint density at radius 3 is 2.50 bits per heavy atom. The van der Waals surface area contributed by atoms with E-state index in [2.05, 4.69) is 10.6 Å². The Morgan fingerprint density at radius 2 is 1.80 bits per heavy atom. The second-order valence-electron chi connectivity index (χ2n) is 4.14. The quantitative estimate of drug-likeness (QED) is 0.798. The molecule has 0 atom stereocenters. The van der Waals surface area contributed by atoms with Crippen LogP contribution in [-0.4, -0.2) is 24.0 Å². The van der Waals surface area contributed by atoms with E-state index in [4.69, 9.17) is 5.11 Å². The molecule has 0 fully saturated rings. The summed E-state index contributed by atoms with van der Waals surface area (Å²) >= 11 is 0. The summed E-state index contributed by atoms with van der Waals surface area (Å²) in [6, 6.07) is 13.2. The summed E-state index contributed by atoms with van der Waals surface area (Å²) in [5, 5.41) is 14.5. The minimum absolute atomic E-state index is 0.129. The fourth-order valence-electron chi connectivity index (χ4n) is 1.83. The average molecular weight is 270 g/mol. The molecule has 0 saturated heterocycles. The minimum Gasteiger partial charge on any atom is -0.478 e. The van der Waals surface area contributed by atoms with Crippen molar-refractivity contribution in [2.45, 2.75) is 0 Å². The van der Waals surface area contributed by atoms with E-state index < -0.39 is 5.97 Å². The van der Waals surface area contributed by atoms with Crippen molar-refractivity contribution in [2.75, 3.05) is 17.7 Å². The van der Waals surface area contributed by atoms with Gasteiger partial charge in [-0.15, -0.1) is 0 Å². The highest BCUT2D eigenvalue weighted by atomic mass is 16.4. The Kier molecular flexibility index (Phi) is 4.00. The molecule has 0 radical (unpaired) electrons. The molecule has 0 aliphatic rings. The maximum Gasteiger partial charge on any atom is 0.335 e. The van der Waals surface area contributed by atoms with Gasteiger partial charge in [-0.25, -0.2) is 4.79 Å². The van der Waals surface area contributed by atoms with Gasteiger partial charge in [0.25, 0.3) is 5.91 Å². The van der Waals surface area contributed by atoms with Gasteiger partial charge in [0, 0.05) is 18.4 Å². The van der Waals surface area contributed by atoms with Crippen LogP contribution in [0.3, 0.4) is 0 Å². The van der Waals surface area contributed by atoms with Crippen molar-refractivity contribution in [3.05, 3.63) is 59.7 Å². The summed E-state index contributed by atoms with van der Waals surface area (Å²) in [7, 11) is 1.73. The first-order valence-corrected chi connectivity index (χ1v) is 6.03. The van der Waals surface area contributed by atoms with Crippen molar-refractivity contribution in [3.63, 3.8) is 0 Å². The lowest BCUT2D eigenvalue weighted by atomic mass is 10.1. The van der Waals surface area contributed by atoms with Gasteiger partial charge in [-0.2, -0.15) is 0 Å². The number of anilines is 2. The Labute approximate surface area is 116 Å². The van der Waals surface area contributed by atoms with E-state index in [1.807, 2.05) is 6.07 Å². The van der Waals surface area contributed by atoms with Gasteiger partial charge in [-0.3, -0.25) is 4.79 Å². The molecule has 0 heterocycles. The van der Waals surface area contributed by atoms with E-state index in [-0.39, 0.29) is 11.5 Å². The van der Waals surface area contributed by atoms with Gasteiger partial charge in [-0.1, -0.05) is 18.2 Å². The van der Waals surface area contributed by atoms with Crippen LogP contribution in [0.25, 0.3) is 0 Å².